The quantitative estimate of drug-likeness (QED) is 0.940. The van der Waals surface area contributed by atoms with Crippen LogP contribution in [-0.2, 0) is 0 Å². The maximum absolute atomic E-state index is 12.8. The molecule has 0 aliphatic carbocycles. The SMILES string of the molecule is O=C(Nc1cccnc1N1CCCC1)c1cccc2c1OCCO2. The van der Waals surface area contributed by atoms with Crippen molar-refractivity contribution >= 4 is 17.4 Å². The van der Waals surface area contributed by atoms with Gasteiger partial charge in [0, 0.05) is 19.3 Å². The number of benzene rings is 1. The number of nitrogens with one attached hydrogen (secondary N) is 1. The van der Waals surface area contributed by atoms with E-state index in [1.54, 1.807) is 18.3 Å². The third kappa shape index (κ3) is 2.75. The second kappa shape index (κ2) is 6.39. The monoisotopic (exact) mass is 325 g/mol. The Hall–Kier alpha value is -2.76. The van der Waals surface area contributed by atoms with E-state index < -0.39 is 0 Å². The van der Waals surface area contributed by atoms with E-state index in [1.165, 1.54) is 0 Å². The third-order valence-corrected chi connectivity index (χ3v) is 4.25. The third-order valence-electron chi connectivity index (χ3n) is 4.25. The van der Waals surface area contributed by atoms with Crippen molar-refractivity contribution < 1.29 is 14.3 Å². The number of anilines is 2. The number of carbonyl (C=O) groups excluding carboxylic acids is 1. The zero-order valence-electron chi connectivity index (χ0n) is 13.3. The summed E-state index contributed by atoms with van der Waals surface area (Å²) in [5, 5.41) is 2.98. The van der Waals surface area contributed by atoms with Crippen LogP contribution >= 0.6 is 0 Å². The molecule has 1 aromatic carbocycles. The smallest absolute Gasteiger partial charge is 0.259 e. The number of carbonyl (C=O) groups is 1. The highest BCUT2D eigenvalue weighted by molar-refractivity contribution is 6.08. The molecule has 0 unspecified atom stereocenters. The van der Waals surface area contributed by atoms with Gasteiger partial charge in [0.05, 0.1) is 11.3 Å². The molecule has 0 bridgehead atoms. The standard InChI is InChI=1S/C18H19N3O3/c22-18(13-5-3-7-15-16(13)24-12-11-23-15)20-14-6-4-8-19-17(14)21-9-1-2-10-21/h3-8H,1-2,9-12H2,(H,20,22). The molecule has 1 N–H and O–H groups in total. The summed E-state index contributed by atoms with van der Waals surface area (Å²) < 4.78 is 11.2. The maximum atomic E-state index is 12.8. The summed E-state index contributed by atoms with van der Waals surface area (Å²) >= 11 is 0. The number of aromatic nitrogens is 1. The second-order valence-corrected chi connectivity index (χ2v) is 5.85. The van der Waals surface area contributed by atoms with Gasteiger partial charge in [-0.1, -0.05) is 6.07 Å². The van der Waals surface area contributed by atoms with E-state index in [2.05, 4.69) is 15.2 Å². The molecule has 0 atom stereocenters. The Morgan fingerprint density at radius 2 is 1.92 bits per heavy atom. The van der Waals surface area contributed by atoms with Crippen LogP contribution in [-0.4, -0.2) is 37.2 Å². The lowest BCUT2D eigenvalue weighted by atomic mass is 10.1. The fraction of sp³-hybridized carbons (Fsp3) is 0.333. The minimum absolute atomic E-state index is 0.217. The van der Waals surface area contributed by atoms with Crippen molar-refractivity contribution in [1.29, 1.82) is 0 Å². The molecule has 1 fully saturated rings. The highest BCUT2D eigenvalue weighted by Gasteiger charge is 2.22. The zero-order valence-corrected chi connectivity index (χ0v) is 13.3. The van der Waals surface area contributed by atoms with Crippen LogP contribution in [0.1, 0.15) is 23.2 Å². The van der Waals surface area contributed by atoms with Crippen LogP contribution in [0.4, 0.5) is 11.5 Å². The molecule has 1 amide bonds. The van der Waals surface area contributed by atoms with Crippen LogP contribution in [0.2, 0.25) is 0 Å². The van der Waals surface area contributed by atoms with Gasteiger partial charge in [0.25, 0.3) is 5.91 Å². The number of nitrogens with zero attached hydrogens (tertiary/aromatic N) is 2. The van der Waals surface area contributed by atoms with E-state index in [-0.39, 0.29) is 5.91 Å². The summed E-state index contributed by atoms with van der Waals surface area (Å²) in [6.45, 7) is 2.89. The molecule has 124 valence electrons. The number of hydrogen-bond donors (Lipinski definition) is 1. The van der Waals surface area contributed by atoms with E-state index in [0.717, 1.165) is 37.4 Å². The Labute approximate surface area is 140 Å². The first kappa shape index (κ1) is 14.8. The predicted octanol–water partition coefficient (Wildman–Crippen LogP) is 2.71. The fourth-order valence-electron chi connectivity index (χ4n) is 3.12. The van der Waals surface area contributed by atoms with Gasteiger partial charge in [0.1, 0.15) is 13.2 Å². The average Bonchev–Trinajstić information content (AvgIpc) is 3.16. The van der Waals surface area contributed by atoms with Gasteiger partial charge >= 0.3 is 0 Å². The van der Waals surface area contributed by atoms with E-state index >= 15 is 0 Å². The van der Waals surface area contributed by atoms with Gasteiger partial charge in [0.2, 0.25) is 0 Å². The van der Waals surface area contributed by atoms with Crippen LogP contribution in [0.5, 0.6) is 11.5 Å². The summed E-state index contributed by atoms with van der Waals surface area (Å²) in [5.41, 5.74) is 1.20. The number of rotatable bonds is 3. The van der Waals surface area contributed by atoms with Crippen LogP contribution in [0.15, 0.2) is 36.5 Å². The van der Waals surface area contributed by atoms with E-state index in [4.69, 9.17) is 9.47 Å². The second-order valence-electron chi connectivity index (χ2n) is 5.85. The Balaban J connectivity index is 1.61. The van der Waals surface area contributed by atoms with Crippen molar-refractivity contribution in [2.75, 3.05) is 36.5 Å². The number of para-hydroxylation sites is 1. The van der Waals surface area contributed by atoms with Gasteiger partial charge in [-0.15, -0.1) is 0 Å². The van der Waals surface area contributed by atoms with E-state index in [9.17, 15) is 4.79 Å². The van der Waals surface area contributed by atoms with Crippen molar-refractivity contribution in [3.63, 3.8) is 0 Å². The van der Waals surface area contributed by atoms with Crippen molar-refractivity contribution in [3.05, 3.63) is 42.1 Å². The van der Waals surface area contributed by atoms with Crippen LogP contribution in [0, 0.1) is 0 Å². The molecule has 1 aromatic heterocycles. The zero-order chi connectivity index (χ0) is 16.4. The molecular formula is C18H19N3O3. The normalized spacial score (nSPS) is 16.1. The minimum atomic E-state index is -0.217. The molecule has 0 spiro atoms. The van der Waals surface area contributed by atoms with Gasteiger partial charge in [-0.25, -0.2) is 4.98 Å². The predicted molar refractivity (Wildman–Crippen MR) is 91.1 cm³/mol. The summed E-state index contributed by atoms with van der Waals surface area (Å²) in [6, 6.07) is 9.06. The van der Waals surface area contributed by atoms with E-state index in [0.29, 0.717) is 30.3 Å². The molecule has 6 nitrogen and oxygen atoms in total. The minimum Gasteiger partial charge on any atom is -0.486 e. The summed E-state index contributed by atoms with van der Waals surface area (Å²) in [7, 11) is 0. The number of amides is 1. The molecule has 0 radical (unpaired) electrons. The lowest BCUT2D eigenvalue weighted by Crippen LogP contribution is -2.23. The maximum Gasteiger partial charge on any atom is 0.259 e. The summed E-state index contributed by atoms with van der Waals surface area (Å²) in [4.78, 5) is 19.4. The first-order valence-electron chi connectivity index (χ1n) is 8.23. The topological polar surface area (TPSA) is 63.7 Å². The molecule has 1 saturated heterocycles. The van der Waals surface area contributed by atoms with Crippen LogP contribution < -0.4 is 19.7 Å². The van der Waals surface area contributed by atoms with Crippen molar-refractivity contribution in [2.24, 2.45) is 0 Å². The molecule has 3 heterocycles. The number of pyridine rings is 1. The fourth-order valence-corrected chi connectivity index (χ4v) is 3.12. The number of hydrogen-bond acceptors (Lipinski definition) is 5. The Morgan fingerprint density at radius 1 is 1.08 bits per heavy atom. The average molecular weight is 325 g/mol. The summed E-state index contributed by atoms with van der Waals surface area (Å²) in [5.74, 6) is 1.73. The van der Waals surface area contributed by atoms with Crippen molar-refractivity contribution in [2.45, 2.75) is 12.8 Å². The number of fused-ring (bicyclic) bond motifs is 1. The lowest BCUT2D eigenvalue weighted by molar-refractivity contribution is 0.101. The highest BCUT2D eigenvalue weighted by Crippen LogP contribution is 2.34. The van der Waals surface area contributed by atoms with Crippen molar-refractivity contribution in [1.82, 2.24) is 4.98 Å². The van der Waals surface area contributed by atoms with Gasteiger partial charge in [-0.2, -0.15) is 0 Å². The molecule has 6 heteroatoms. The molecule has 2 aromatic rings. The van der Waals surface area contributed by atoms with Gasteiger partial charge in [-0.05, 0) is 37.1 Å². The largest absolute Gasteiger partial charge is 0.486 e. The lowest BCUT2D eigenvalue weighted by Gasteiger charge is -2.22. The molecular weight excluding hydrogens is 306 g/mol. The Morgan fingerprint density at radius 3 is 2.79 bits per heavy atom. The molecule has 24 heavy (non-hydrogen) atoms. The van der Waals surface area contributed by atoms with Crippen molar-refractivity contribution in [3.8, 4) is 11.5 Å². The number of ether oxygens (including phenoxy) is 2. The molecule has 2 aliphatic rings. The first-order valence-corrected chi connectivity index (χ1v) is 8.23. The Bertz CT molecular complexity index is 757. The van der Waals surface area contributed by atoms with Crippen LogP contribution in [0.3, 0.4) is 0 Å². The first-order chi connectivity index (χ1) is 11.8. The van der Waals surface area contributed by atoms with Gasteiger partial charge < -0.3 is 19.7 Å². The molecule has 0 saturated carbocycles. The van der Waals surface area contributed by atoms with Gasteiger partial charge in [-0.3, -0.25) is 4.79 Å². The van der Waals surface area contributed by atoms with Gasteiger partial charge in [0.15, 0.2) is 17.3 Å². The molecule has 2 aliphatic heterocycles. The Kier molecular flexibility index (Phi) is 3.94. The van der Waals surface area contributed by atoms with E-state index in [1.807, 2.05) is 18.2 Å². The summed E-state index contributed by atoms with van der Waals surface area (Å²) in [6.07, 6.45) is 4.06. The highest BCUT2D eigenvalue weighted by atomic mass is 16.6. The van der Waals surface area contributed by atoms with Crippen LogP contribution in [0.25, 0.3) is 0 Å². The molecule has 4 rings (SSSR count).